The molecule has 10 heavy (non-hydrogen) atoms. The summed E-state index contributed by atoms with van der Waals surface area (Å²) in [5.74, 6) is 0. The molecule has 60 valence electrons. The molecule has 0 heterocycles. The smallest absolute Gasteiger partial charge is 0.316 e. The van der Waals surface area contributed by atoms with Gasteiger partial charge in [0.1, 0.15) is 0 Å². The number of carbonyl (C=O) groups is 1. The molecule has 0 aliphatic carbocycles. The van der Waals surface area contributed by atoms with E-state index in [2.05, 4.69) is 5.32 Å². The molecule has 0 spiro atoms. The van der Waals surface area contributed by atoms with Crippen molar-refractivity contribution in [3.8, 4) is 0 Å². The van der Waals surface area contributed by atoms with Crippen molar-refractivity contribution in [1.82, 2.24) is 10.2 Å². The largest absolute Gasteiger partial charge is 0.338 e. The molecular weight excluding hydrogens is 130 g/mol. The molecular formula is C6H15N3O. The minimum absolute atomic E-state index is 0.0616. The lowest BCUT2D eigenvalue weighted by Crippen LogP contribution is -2.35. The highest BCUT2D eigenvalue weighted by atomic mass is 16.2. The van der Waals surface area contributed by atoms with E-state index in [1.165, 1.54) is 4.90 Å². The van der Waals surface area contributed by atoms with Crippen LogP contribution in [0.25, 0.3) is 0 Å². The molecule has 0 radical (unpaired) electrons. The van der Waals surface area contributed by atoms with E-state index < -0.39 is 0 Å². The SMILES string of the molecule is CN(C)C(=O)NCCCN. The van der Waals surface area contributed by atoms with Crippen molar-refractivity contribution in [3.63, 3.8) is 0 Å². The summed E-state index contributed by atoms with van der Waals surface area (Å²) in [5.41, 5.74) is 5.23. The highest BCUT2D eigenvalue weighted by Crippen LogP contribution is 1.77. The van der Waals surface area contributed by atoms with E-state index in [0.717, 1.165) is 6.42 Å². The van der Waals surface area contributed by atoms with Crippen LogP contribution in [0.1, 0.15) is 6.42 Å². The molecule has 0 aromatic heterocycles. The lowest BCUT2D eigenvalue weighted by Gasteiger charge is -2.10. The summed E-state index contributed by atoms with van der Waals surface area (Å²) in [6.45, 7) is 1.28. The minimum Gasteiger partial charge on any atom is -0.338 e. The van der Waals surface area contributed by atoms with Gasteiger partial charge in [-0.25, -0.2) is 4.79 Å². The van der Waals surface area contributed by atoms with Crippen LogP contribution in [0.15, 0.2) is 0 Å². The normalized spacial score (nSPS) is 9.10. The number of hydrogen-bond acceptors (Lipinski definition) is 2. The quantitative estimate of drug-likeness (QED) is 0.531. The van der Waals surface area contributed by atoms with Crippen LogP contribution in [0.3, 0.4) is 0 Å². The third kappa shape index (κ3) is 4.14. The van der Waals surface area contributed by atoms with Crippen LogP contribution in [-0.2, 0) is 0 Å². The fraction of sp³-hybridized carbons (Fsp3) is 0.833. The second-order valence-electron chi connectivity index (χ2n) is 2.27. The highest BCUT2D eigenvalue weighted by molar-refractivity contribution is 5.73. The van der Waals surface area contributed by atoms with Crippen molar-refractivity contribution in [2.24, 2.45) is 5.73 Å². The van der Waals surface area contributed by atoms with Gasteiger partial charge in [0, 0.05) is 20.6 Å². The number of hydrogen-bond donors (Lipinski definition) is 2. The number of urea groups is 1. The molecule has 4 nitrogen and oxygen atoms in total. The van der Waals surface area contributed by atoms with Crippen LogP contribution in [-0.4, -0.2) is 38.1 Å². The molecule has 0 aromatic rings. The first-order valence-corrected chi connectivity index (χ1v) is 3.33. The molecule has 0 unspecified atom stereocenters. The lowest BCUT2D eigenvalue weighted by atomic mass is 10.4. The van der Waals surface area contributed by atoms with Gasteiger partial charge < -0.3 is 16.0 Å². The highest BCUT2D eigenvalue weighted by Gasteiger charge is 1.98. The molecule has 0 aliphatic heterocycles. The van der Waals surface area contributed by atoms with E-state index in [4.69, 9.17) is 5.73 Å². The van der Waals surface area contributed by atoms with Crippen molar-refractivity contribution in [3.05, 3.63) is 0 Å². The van der Waals surface area contributed by atoms with E-state index in [1.807, 2.05) is 0 Å². The fourth-order valence-electron chi connectivity index (χ4n) is 0.455. The van der Waals surface area contributed by atoms with Crippen LogP contribution in [0.4, 0.5) is 4.79 Å². The van der Waals surface area contributed by atoms with Gasteiger partial charge in [0.05, 0.1) is 0 Å². The summed E-state index contributed by atoms with van der Waals surface area (Å²) >= 11 is 0. The number of nitrogens with two attached hydrogens (primary N) is 1. The summed E-state index contributed by atoms with van der Waals surface area (Å²) in [5, 5.41) is 2.69. The van der Waals surface area contributed by atoms with Gasteiger partial charge >= 0.3 is 6.03 Å². The van der Waals surface area contributed by atoms with Crippen LogP contribution >= 0.6 is 0 Å². The van der Waals surface area contributed by atoms with Gasteiger partial charge in [-0.1, -0.05) is 0 Å². The Morgan fingerprint density at radius 2 is 2.20 bits per heavy atom. The van der Waals surface area contributed by atoms with Crippen molar-refractivity contribution >= 4 is 6.03 Å². The summed E-state index contributed by atoms with van der Waals surface area (Å²) in [6, 6.07) is -0.0616. The van der Waals surface area contributed by atoms with Crippen LogP contribution < -0.4 is 11.1 Å². The zero-order valence-electron chi connectivity index (χ0n) is 6.55. The average molecular weight is 145 g/mol. The van der Waals surface area contributed by atoms with Gasteiger partial charge in [0.2, 0.25) is 0 Å². The molecule has 3 N–H and O–H groups in total. The Balaban J connectivity index is 3.22. The summed E-state index contributed by atoms with van der Waals surface area (Å²) < 4.78 is 0. The van der Waals surface area contributed by atoms with Gasteiger partial charge in [-0.15, -0.1) is 0 Å². The summed E-state index contributed by atoms with van der Waals surface area (Å²) in [4.78, 5) is 12.3. The molecule has 0 aliphatic rings. The van der Waals surface area contributed by atoms with Crippen molar-refractivity contribution < 1.29 is 4.79 Å². The third-order valence-electron chi connectivity index (χ3n) is 1.06. The molecule has 0 rings (SSSR count). The molecule has 2 amide bonds. The Bertz CT molecular complexity index is 103. The van der Waals surface area contributed by atoms with E-state index in [-0.39, 0.29) is 6.03 Å². The fourth-order valence-corrected chi connectivity index (χ4v) is 0.455. The van der Waals surface area contributed by atoms with Crippen LogP contribution in [0.2, 0.25) is 0 Å². The Morgan fingerprint density at radius 1 is 1.60 bits per heavy atom. The topological polar surface area (TPSA) is 58.4 Å². The number of nitrogens with one attached hydrogen (secondary N) is 1. The maximum absolute atomic E-state index is 10.8. The maximum atomic E-state index is 10.8. The molecule has 4 heteroatoms. The van der Waals surface area contributed by atoms with E-state index in [0.29, 0.717) is 13.1 Å². The van der Waals surface area contributed by atoms with Crippen LogP contribution in [0.5, 0.6) is 0 Å². The average Bonchev–Trinajstić information content (AvgIpc) is 1.88. The van der Waals surface area contributed by atoms with Crippen LogP contribution in [0, 0.1) is 0 Å². The van der Waals surface area contributed by atoms with Gasteiger partial charge in [-0.2, -0.15) is 0 Å². The molecule has 0 bridgehead atoms. The number of rotatable bonds is 3. The van der Waals surface area contributed by atoms with Gasteiger partial charge in [-0.05, 0) is 13.0 Å². The zero-order chi connectivity index (χ0) is 7.98. The van der Waals surface area contributed by atoms with Gasteiger partial charge in [0.15, 0.2) is 0 Å². The number of carbonyl (C=O) groups excluding carboxylic acids is 1. The van der Waals surface area contributed by atoms with Crippen molar-refractivity contribution in [1.29, 1.82) is 0 Å². The van der Waals surface area contributed by atoms with Crippen molar-refractivity contribution in [2.75, 3.05) is 27.2 Å². The molecule has 0 aromatic carbocycles. The molecule has 0 atom stereocenters. The Hall–Kier alpha value is -0.770. The summed E-state index contributed by atoms with van der Waals surface area (Å²) in [7, 11) is 3.41. The van der Waals surface area contributed by atoms with Crippen molar-refractivity contribution in [2.45, 2.75) is 6.42 Å². The van der Waals surface area contributed by atoms with Gasteiger partial charge in [-0.3, -0.25) is 0 Å². The Labute approximate surface area is 61.4 Å². The first-order valence-electron chi connectivity index (χ1n) is 3.33. The Kier molecular flexibility index (Phi) is 4.66. The first kappa shape index (κ1) is 9.23. The maximum Gasteiger partial charge on any atom is 0.316 e. The molecule has 0 saturated heterocycles. The van der Waals surface area contributed by atoms with E-state index in [9.17, 15) is 4.79 Å². The second kappa shape index (κ2) is 5.05. The minimum atomic E-state index is -0.0616. The lowest BCUT2D eigenvalue weighted by molar-refractivity contribution is 0.217. The first-order chi connectivity index (χ1) is 4.68. The summed E-state index contributed by atoms with van der Waals surface area (Å²) in [6.07, 6.45) is 0.833. The predicted octanol–water partition coefficient (Wildman–Crippen LogP) is -0.394. The standard InChI is InChI=1S/C6H15N3O/c1-9(2)6(10)8-5-3-4-7/h3-5,7H2,1-2H3,(H,8,10). The number of nitrogens with zero attached hydrogens (tertiary/aromatic N) is 1. The number of amides is 2. The second-order valence-corrected chi connectivity index (χ2v) is 2.27. The molecule has 0 fully saturated rings. The van der Waals surface area contributed by atoms with E-state index >= 15 is 0 Å². The third-order valence-corrected chi connectivity index (χ3v) is 1.06. The zero-order valence-corrected chi connectivity index (χ0v) is 6.55. The predicted molar refractivity (Wildman–Crippen MR) is 40.8 cm³/mol. The van der Waals surface area contributed by atoms with Gasteiger partial charge in [0.25, 0.3) is 0 Å². The molecule has 0 saturated carbocycles. The Morgan fingerprint density at radius 3 is 2.60 bits per heavy atom. The van der Waals surface area contributed by atoms with E-state index in [1.54, 1.807) is 14.1 Å². The monoisotopic (exact) mass is 145 g/mol.